The molecule has 0 radical (unpaired) electrons. The van der Waals surface area contributed by atoms with Crippen molar-refractivity contribution >= 4 is 5.97 Å². The molecule has 2 saturated heterocycles. The van der Waals surface area contributed by atoms with E-state index in [1.807, 2.05) is 13.8 Å². The largest absolute Gasteiger partial charge is 0.459 e. The fraction of sp³-hybridized carbons (Fsp3) is 0.579. The number of hydrogen-bond acceptors (Lipinski definition) is 5. The van der Waals surface area contributed by atoms with Gasteiger partial charge >= 0.3 is 5.97 Å². The standard InChI is InChI=1S/C19H20O5/c1-9-5-12(20)7-11-3-4-17-10(2)6-14(24-16(17)21)18(22)8-13(9)15(11)19(17,18)23/h5,7,10,14,22-23H,3-4,6,8H2,1-2H3/t10?,14-,17+,18+,19-/m1/s1. The van der Waals surface area contributed by atoms with E-state index in [1.165, 1.54) is 0 Å². The maximum atomic E-state index is 12.8. The van der Waals surface area contributed by atoms with E-state index >= 15 is 0 Å². The summed E-state index contributed by atoms with van der Waals surface area (Å²) < 4.78 is 5.57. The van der Waals surface area contributed by atoms with Gasteiger partial charge in [0.05, 0.1) is 0 Å². The summed E-state index contributed by atoms with van der Waals surface area (Å²) in [6.07, 6.45) is 1.01. The maximum absolute atomic E-state index is 12.8. The summed E-state index contributed by atoms with van der Waals surface area (Å²) in [4.78, 5) is 25.0. The fourth-order valence-electron chi connectivity index (χ4n) is 6.09. The Morgan fingerprint density at radius 3 is 2.71 bits per heavy atom. The Labute approximate surface area is 139 Å². The topological polar surface area (TPSA) is 83.8 Å². The van der Waals surface area contributed by atoms with Gasteiger partial charge in [0.15, 0.2) is 5.43 Å². The molecule has 6 rings (SSSR count). The van der Waals surface area contributed by atoms with Gasteiger partial charge in [-0.1, -0.05) is 6.92 Å². The van der Waals surface area contributed by atoms with Crippen LogP contribution in [0, 0.1) is 18.3 Å². The molecular formula is C19H20O5. The molecule has 5 nitrogen and oxygen atoms in total. The molecule has 5 aliphatic rings. The van der Waals surface area contributed by atoms with Crippen molar-refractivity contribution < 1.29 is 19.7 Å². The van der Waals surface area contributed by atoms with E-state index in [2.05, 4.69) is 0 Å². The van der Waals surface area contributed by atoms with Crippen molar-refractivity contribution in [1.29, 1.82) is 0 Å². The van der Waals surface area contributed by atoms with Crippen LogP contribution in [0.2, 0.25) is 0 Å². The lowest BCUT2D eigenvalue weighted by molar-refractivity contribution is -0.330. The molecule has 0 amide bonds. The minimum absolute atomic E-state index is 0.0781. The van der Waals surface area contributed by atoms with Crippen LogP contribution in [0.3, 0.4) is 0 Å². The van der Waals surface area contributed by atoms with Crippen LogP contribution in [0.5, 0.6) is 0 Å². The van der Waals surface area contributed by atoms with Crippen molar-refractivity contribution in [2.45, 2.75) is 56.8 Å². The monoisotopic (exact) mass is 328 g/mol. The molecule has 1 aromatic rings. The molecular weight excluding hydrogens is 308 g/mol. The van der Waals surface area contributed by atoms with Gasteiger partial charge < -0.3 is 14.9 Å². The summed E-state index contributed by atoms with van der Waals surface area (Å²) in [6.45, 7) is 3.79. The first-order valence-corrected chi connectivity index (χ1v) is 8.59. The second-order valence-corrected chi connectivity index (χ2v) is 8.07. The van der Waals surface area contributed by atoms with Crippen molar-refractivity contribution in [2.75, 3.05) is 0 Å². The number of ether oxygens (including phenoxy) is 1. The third kappa shape index (κ3) is 1.20. The molecule has 1 aromatic carbocycles. The summed E-state index contributed by atoms with van der Waals surface area (Å²) >= 11 is 0. The summed E-state index contributed by atoms with van der Waals surface area (Å²) in [5.74, 6) is -0.478. The highest BCUT2D eigenvalue weighted by atomic mass is 16.6. The Bertz CT molecular complexity index is 877. The third-order valence-corrected chi connectivity index (χ3v) is 7.20. The Morgan fingerprint density at radius 2 is 2.00 bits per heavy atom. The van der Waals surface area contributed by atoms with Gasteiger partial charge in [0.2, 0.25) is 0 Å². The van der Waals surface area contributed by atoms with Crippen molar-refractivity contribution in [3.05, 3.63) is 44.6 Å². The summed E-state index contributed by atoms with van der Waals surface area (Å²) in [5, 5.41) is 23.4. The summed E-state index contributed by atoms with van der Waals surface area (Å²) in [7, 11) is 0. The van der Waals surface area contributed by atoms with E-state index in [0.717, 1.165) is 16.7 Å². The van der Waals surface area contributed by atoms with Crippen LogP contribution in [0.1, 0.15) is 42.0 Å². The molecule has 2 N–H and O–H groups in total. The van der Waals surface area contributed by atoms with Crippen molar-refractivity contribution in [1.82, 2.24) is 0 Å². The number of rotatable bonds is 0. The zero-order valence-corrected chi connectivity index (χ0v) is 13.8. The fourth-order valence-corrected chi connectivity index (χ4v) is 6.09. The predicted octanol–water partition coefficient (Wildman–Crippen LogP) is 0.728. The minimum atomic E-state index is -1.67. The SMILES string of the molecule is Cc1cc(=O)cc2c3c1C[C@]1(O)[C@H]4CC(C)[C@@](CC2)(C(=O)O4)[C@]31O. The number of carbonyl (C=O) groups is 1. The smallest absolute Gasteiger partial charge is 0.316 e. The van der Waals surface area contributed by atoms with E-state index < -0.39 is 28.7 Å². The number of aryl methyl sites for hydroxylation is 2. The van der Waals surface area contributed by atoms with Gasteiger partial charge in [-0.2, -0.15) is 0 Å². The molecule has 3 fully saturated rings. The number of aliphatic hydroxyl groups is 2. The number of esters is 1. The highest BCUT2D eigenvalue weighted by Gasteiger charge is 2.81. The molecule has 2 aliphatic heterocycles. The van der Waals surface area contributed by atoms with Crippen LogP contribution in [0.15, 0.2) is 16.9 Å². The first-order chi connectivity index (χ1) is 11.3. The van der Waals surface area contributed by atoms with Gasteiger partial charge in [-0.05, 0) is 66.5 Å². The predicted molar refractivity (Wildman–Crippen MR) is 84.4 cm³/mol. The molecule has 1 spiro atoms. The number of hydrogen-bond donors (Lipinski definition) is 2. The molecule has 2 heterocycles. The van der Waals surface area contributed by atoms with Gasteiger partial charge in [0.1, 0.15) is 22.7 Å². The van der Waals surface area contributed by atoms with E-state index in [-0.39, 0.29) is 17.8 Å². The van der Waals surface area contributed by atoms with E-state index in [0.29, 0.717) is 24.8 Å². The lowest BCUT2D eigenvalue weighted by Gasteiger charge is -2.65. The first-order valence-electron chi connectivity index (χ1n) is 8.59. The number of fused-ring (bicyclic) bond motifs is 2. The molecule has 0 aromatic heterocycles. The van der Waals surface area contributed by atoms with E-state index in [4.69, 9.17) is 4.74 Å². The first kappa shape index (κ1) is 14.6. The van der Waals surface area contributed by atoms with E-state index in [9.17, 15) is 19.8 Å². The van der Waals surface area contributed by atoms with Crippen LogP contribution in [-0.2, 0) is 28.0 Å². The van der Waals surface area contributed by atoms with Crippen LogP contribution in [0.25, 0.3) is 0 Å². The zero-order valence-electron chi connectivity index (χ0n) is 13.8. The molecule has 5 heteroatoms. The summed E-state index contributed by atoms with van der Waals surface area (Å²) in [5.41, 5.74) is -1.46. The van der Waals surface area contributed by atoms with E-state index in [1.54, 1.807) is 12.1 Å². The highest BCUT2D eigenvalue weighted by Crippen LogP contribution is 2.70. The van der Waals surface area contributed by atoms with Crippen LogP contribution < -0.4 is 5.43 Å². The highest BCUT2D eigenvalue weighted by molar-refractivity contribution is 5.84. The Morgan fingerprint density at radius 1 is 1.25 bits per heavy atom. The lowest BCUT2D eigenvalue weighted by Crippen LogP contribution is -2.78. The lowest BCUT2D eigenvalue weighted by atomic mass is 9.46. The van der Waals surface area contributed by atoms with Gasteiger partial charge in [-0.15, -0.1) is 0 Å². The molecule has 126 valence electrons. The van der Waals surface area contributed by atoms with Crippen molar-refractivity contribution in [3.8, 4) is 0 Å². The Kier molecular flexibility index (Phi) is 2.38. The molecule has 1 unspecified atom stereocenters. The summed E-state index contributed by atoms with van der Waals surface area (Å²) in [6, 6.07) is 3.11. The van der Waals surface area contributed by atoms with Gasteiger partial charge in [0.25, 0.3) is 0 Å². The van der Waals surface area contributed by atoms with Crippen molar-refractivity contribution in [3.63, 3.8) is 0 Å². The normalized spacial score (nSPS) is 44.2. The molecule has 5 atom stereocenters. The minimum Gasteiger partial charge on any atom is -0.459 e. The molecule has 3 aliphatic carbocycles. The van der Waals surface area contributed by atoms with Gasteiger partial charge in [-0.25, -0.2) is 0 Å². The molecule has 1 saturated carbocycles. The second-order valence-electron chi connectivity index (χ2n) is 8.07. The van der Waals surface area contributed by atoms with Crippen LogP contribution >= 0.6 is 0 Å². The third-order valence-electron chi connectivity index (χ3n) is 7.20. The zero-order chi connectivity index (χ0) is 17.1. The van der Waals surface area contributed by atoms with Gasteiger partial charge in [0, 0.05) is 6.42 Å². The van der Waals surface area contributed by atoms with Crippen LogP contribution in [-0.4, -0.2) is 27.9 Å². The van der Waals surface area contributed by atoms with Crippen LogP contribution in [0.4, 0.5) is 0 Å². The Balaban J connectivity index is 1.96. The average molecular weight is 328 g/mol. The van der Waals surface area contributed by atoms with Crippen molar-refractivity contribution in [2.24, 2.45) is 11.3 Å². The second kappa shape index (κ2) is 3.92. The molecule has 24 heavy (non-hydrogen) atoms. The Hall–Kier alpha value is -1.72. The van der Waals surface area contributed by atoms with Gasteiger partial charge in [-0.3, -0.25) is 9.59 Å². The average Bonchev–Trinajstić information content (AvgIpc) is 2.68. The quantitative estimate of drug-likeness (QED) is 0.686. The maximum Gasteiger partial charge on any atom is 0.316 e. The molecule has 2 bridgehead atoms. The number of carbonyl (C=O) groups excluding carboxylic acids is 1.